The fourth-order valence-electron chi connectivity index (χ4n) is 1.76. The summed E-state index contributed by atoms with van der Waals surface area (Å²) in [6, 6.07) is 11.0. The SMILES string of the molecule is COc1ccc(CNC(=O)c2ccccn2)c(C)c1. The van der Waals surface area contributed by atoms with Gasteiger partial charge < -0.3 is 10.1 Å². The van der Waals surface area contributed by atoms with Crippen LogP contribution in [0.15, 0.2) is 42.6 Å². The molecule has 1 aromatic heterocycles. The highest BCUT2D eigenvalue weighted by atomic mass is 16.5. The van der Waals surface area contributed by atoms with Crippen LogP contribution in [0, 0.1) is 6.92 Å². The lowest BCUT2D eigenvalue weighted by Gasteiger charge is -2.09. The number of hydrogen-bond donors (Lipinski definition) is 1. The van der Waals surface area contributed by atoms with Crippen LogP contribution in [0.4, 0.5) is 0 Å². The Morgan fingerprint density at radius 2 is 2.16 bits per heavy atom. The summed E-state index contributed by atoms with van der Waals surface area (Å²) in [6.07, 6.45) is 1.60. The van der Waals surface area contributed by atoms with Crippen LogP contribution in [0.3, 0.4) is 0 Å². The first kappa shape index (κ1) is 13.1. The predicted molar refractivity (Wildman–Crippen MR) is 73.1 cm³/mol. The Labute approximate surface area is 112 Å². The topological polar surface area (TPSA) is 51.2 Å². The molecule has 0 radical (unpaired) electrons. The van der Waals surface area contributed by atoms with Crippen molar-refractivity contribution in [2.24, 2.45) is 0 Å². The summed E-state index contributed by atoms with van der Waals surface area (Å²) in [6.45, 7) is 2.47. The molecule has 0 saturated heterocycles. The zero-order chi connectivity index (χ0) is 13.7. The molecular formula is C15H16N2O2. The maximum Gasteiger partial charge on any atom is 0.270 e. The van der Waals surface area contributed by atoms with Crippen molar-refractivity contribution < 1.29 is 9.53 Å². The third-order valence-corrected chi connectivity index (χ3v) is 2.89. The average molecular weight is 256 g/mol. The molecule has 0 fully saturated rings. The number of benzene rings is 1. The van der Waals surface area contributed by atoms with E-state index in [1.165, 1.54) is 0 Å². The lowest BCUT2D eigenvalue weighted by atomic mass is 10.1. The first-order valence-electron chi connectivity index (χ1n) is 6.03. The van der Waals surface area contributed by atoms with Gasteiger partial charge in [0.1, 0.15) is 11.4 Å². The highest BCUT2D eigenvalue weighted by Gasteiger charge is 2.07. The van der Waals surface area contributed by atoms with E-state index in [9.17, 15) is 4.79 Å². The summed E-state index contributed by atoms with van der Waals surface area (Å²) in [5.41, 5.74) is 2.57. The number of carbonyl (C=O) groups is 1. The number of hydrogen-bond acceptors (Lipinski definition) is 3. The zero-order valence-corrected chi connectivity index (χ0v) is 11.0. The van der Waals surface area contributed by atoms with Gasteiger partial charge in [0.15, 0.2) is 0 Å². The van der Waals surface area contributed by atoms with Gasteiger partial charge in [-0.2, -0.15) is 0 Å². The van der Waals surface area contributed by atoms with Crippen LogP contribution >= 0.6 is 0 Å². The molecule has 4 heteroatoms. The largest absolute Gasteiger partial charge is 0.497 e. The number of carbonyl (C=O) groups excluding carboxylic acids is 1. The first-order chi connectivity index (χ1) is 9.20. The van der Waals surface area contributed by atoms with Crippen molar-refractivity contribution in [2.45, 2.75) is 13.5 Å². The normalized spacial score (nSPS) is 10.0. The Hall–Kier alpha value is -2.36. The van der Waals surface area contributed by atoms with Gasteiger partial charge in [-0.25, -0.2) is 0 Å². The minimum Gasteiger partial charge on any atom is -0.497 e. The first-order valence-corrected chi connectivity index (χ1v) is 6.03. The summed E-state index contributed by atoms with van der Waals surface area (Å²) < 4.78 is 5.15. The Bertz CT molecular complexity index is 568. The van der Waals surface area contributed by atoms with Gasteiger partial charge in [-0.3, -0.25) is 9.78 Å². The van der Waals surface area contributed by atoms with E-state index >= 15 is 0 Å². The second-order valence-corrected chi connectivity index (χ2v) is 4.19. The molecule has 19 heavy (non-hydrogen) atoms. The maximum atomic E-state index is 11.9. The molecule has 1 heterocycles. The van der Waals surface area contributed by atoms with Crippen LogP contribution in [0.5, 0.6) is 5.75 Å². The van der Waals surface area contributed by atoms with E-state index < -0.39 is 0 Å². The number of rotatable bonds is 4. The van der Waals surface area contributed by atoms with E-state index in [0.29, 0.717) is 12.2 Å². The number of nitrogens with zero attached hydrogens (tertiary/aromatic N) is 1. The van der Waals surface area contributed by atoms with Crippen LogP contribution < -0.4 is 10.1 Å². The molecular weight excluding hydrogens is 240 g/mol. The number of ether oxygens (including phenoxy) is 1. The molecule has 0 spiro atoms. The Morgan fingerprint density at radius 3 is 2.79 bits per heavy atom. The molecule has 2 rings (SSSR count). The molecule has 0 aliphatic carbocycles. The van der Waals surface area contributed by atoms with Gasteiger partial charge in [0.25, 0.3) is 5.91 Å². The Morgan fingerprint density at radius 1 is 1.32 bits per heavy atom. The number of aromatic nitrogens is 1. The summed E-state index contributed by atoms with van der Waals surface area (Å²) in [4.78, 5) is 15.9. The molecule has 2 aromatic rings. The molecule has 98 valence electrons. The fraction of sp³-hybridized carbons (Fsp3) is 0.200. The minimum absolute atomic E-state index is 0.171. The quantitative estimate of drug-likeness (QED) is 0.913. The van der Waals surface area contributed by atoms with E-state index in [4.69, 9.17) is 4.74 Å². The molecule has 0 unspecified atom stereocenters. The smallest absolute Gasteiger partial charge is 0.270 e. The Kier molecular flexibility index (Phi) is 4.13. The number of methoxy groups -OCH3 is 1. The second kappa shape index (κ2) is 6.00. The van der Waals surface area contributed by atoms with Gasteiger partial charge in [-0.05, 0) is 42.3 Å². The van der Waals surface area contributed by atoms with Crippen molar-refractivity contribution in [1.82, 2.24) is 10.3 Å². The molecule has 0 atom stereocenters. The zero-order valence-electron chi connectivity index (χ0n) is 11.0. The minimum atomic E-state index is -0.171. The van der Waals surface area contributed by atoms with Gasteiger partial charge in [0.2, 0.25) is 0 Å². The van der Waals surface area contributed by atoms with Crippen LogP contribution in [0.2, 0.25) is 0 Å². The summed E-state index contributed by atoms with van der Waals surface area (Å²) in [7, 11) is 1.64. The molecule has 1 amide bonds. The third-order valence-electron chi connectivity index (χ3n) is 2.89. The van der Waals surface area contributed by atoms with Crippen LogP contribution in [0.1, 0.15) is 21.6 Å². The third kappa shape index (κ3) is 3.31. The second-order valence-electron chi connectivity index (χ2n) is 4.19. The van der Waals surface area contributed by atoms with Crippen molar-refractivity contribution in [3.05, 3.63) is 59.4 Å². The highest BCUT2D eigenvalue weighted by molar-refractivity contribution is 5.92. The van der Waals surface area contributed by atoms with Crippen LogP contribution in [0.25, 0.3) is 0 Å². The summed E-state index contributed by atoms with van der Waals surface area (Å²) in [5, 5.41) is 2.85. The van der Waals surface area contributed by atoms with E-state index in [1.807, 2.05) is 25.1 Å². The van der Waals surface area contributed by atoms with E-state index in [1.54, 1.807) is 31.5 Å². The van der Waals surface area contributed by atoms with E-state index in [2.05, 4.69) is 10.3 Å². The monoisotopic (exact) mass is 256 g/mol. The number of nitrogens with one attached hydrogen (secondary N) is 1. The van der Waals surface area contributed by atoms with Gasteiger partial charge in [0.05, 0.1) is 7.11 Å². The van der Waals surface area contributed by atoms with E-state index in [0.717, 1.165) is 16.9 Å². The lowest BCUT2D eigenvalue weighted by molar-refractivity contribution is 0.0946. The Balaban J connectivity index is 2.01. The van der Waals surface area contributed by atoms with Crippen molar-refractivity contribution in [3.8, 4) is 5.75 Å². The van der Waals surface area contributed by atoms with Crippen LogP contribution in [-0.4, -0.2) is 18.0 Å². The van der Waals surface area contributed by atoms with Gasteiger partial charge >= 0.3 is 0 Å². The van der Waals surface area contributed by atoms with Crippen molar-refractivity contribution in [2.75, 3.05) is 7.11 Å². The summed E-state index contributed by atoms with van der Waals surface area (Å²) in [5.74, 6) is 0.646. The van der Waals surface area contributed by atoms with Crippen molar-refractivity contribution in [1.29, 1.82) is 0 Å². The number of amides is 1. The molecule has 0 bridgehead atoms. The summed E-state index contributed by atoms with van der Waals surface area (Å²) >= 11 is 0. The molecule has 4 nitrogen and oxygen atoms in total. The molecule has 0 aliphatic heterocycles. The lowest BCUT2D eigenvalue weighted by Crippen LogP contribution is -2.24. The van der Waals surface area contributed by atoms with Crippen molar-refractivity contribution in [3.63, 3.8) is 0 Å². The maximum absolute atomic E-state index is 11.9. The molecule has 1 aromatic carbocycles. The number of pyridine rings is 1. The molecule has 1 N–H and O–H groups in total. The highest BCUT2D eigenvalue weighted by Crippen LogP contribution is 2.16. The van der Waals surface area contributed by atoms with Gasteiger partial charge in [0, 0.05) is 12.7 Å². The van der Waals surface area contributed by atoms with Crippen LogP contribution in [-0.2, 0) is 6.54 Å². The fourth-order valence-corrected chi connectivity index (χ4v) is 1.76. The number of aryl methyl sites for hydroxylation is 1. The van der Waals surface area contributed by atoms with Gasteiger partial charge in [-0.1, -0.05) is 12.1 Å². The van der Waals surface area contributed by atoms with E-state index in [-0.39, 0.29) is 5.91 Å². The van der Waals surface area contributed by atoms with Crippen molar-refractivity contribution >= 4 is 5.91 Å². The predicted octanol–water partition coefficient (Wildman–Crippen LogP) is 2.33. The average Bonchev–Trinajstić information content (AvgIpc) is 2.46. The standard InChI is InChI=1S/C15H16N2O2/c1-11-9-13(19-2)7-6-12(11)10-17-15(18)14-5-3-4-8-16-14/h3-9H,10H2,1-2H3,(H,17,18). The molecule has 0 aliphatic rings. The molecule has 0 saturated carbocycles. The van der Waals surface area contributed by atoms with Gasteiger partial charge in [-0.15, -0.1) is 0 Å².